The molecule has 0 spiro atoms. The van der Waals surface area contributed by atoms with Crippen LogP contribution in [0.2, 0.25) is 0 Å². The fourth-order valence-corrected chi connectivity index (χ4v) is 7.41. The van der Waals surface area contributed by atoms with Crippen molar-refractivity contribution in [1.82, 2.24) is 0 Å². The number of nitrogens with zero attached hydrogens (tertiary/aromatic N) is 1. The second-order valence-corrected chi connectivity index (χ2v) is 20.3. The number of rotatable bonds is 48. The van der Waals surface area contributed by atoms with Gasteiger partial charge in [0.25, 0.3) is 0 Å². The van der Waals surface area contributed by atoms with Crippen LogP contribution in [0.3, 0.4) is 0 Å². The lowest BCUT2D eigenvalue weighted by Gasteiger charge is -2.24. The average Bonchev–Trinajstić information content (AvgIpc) is 3.34. The SMILES string of the molecule is CC/C=C\C/C=C\C/C=C\C/C=C\C/C=C\C/C=C\C/C=C\C/C=C\CCCCCCCCCCC(=O)OC(COC(=O)CCCC/C=C\C/C=C\C/C=C\C/C=C\CC)COP(=O)(O)OCC[N+](C)(C)C. The fourth-order valence-electron chi connectivity index (χ4n) is 6.67. The third-order valence-corrected chi connectivity index (χ3v) is 11.8. The minimum atomic E-state index is -4.41. The highest BCUT2D eigenvalue weighted by Gasteiger charge is 2.27. The maximum absolute atomic E-state index is 12.8. The van der Waals surface area contributed by atoms with Gasteiger partial charge in [0, 0.05) is 12.8 Å². The third-order valence-electron chi connectivity index (χ3n) is 10.9. The number of quaternary nitrogens is 1. The number of esters is 2. The molecule has 0 saturated heterocycles. The fraction of sp³-hybridized carbons (Fsp3) is 0.581. The molecule has 0 fully saturated rings. The quantitative estimate of drug-likeness (QED) is 0.0211. The summed E-state index contributed by atoms with van der Waals surface area (Å²) in [4.78, 5) is 35.6. The van der Waals surface area contributed by atoms with E-state index in [4.69, 9.17) is 18.5 Å². The Morgan fingerprint density at radius 3 is 1.14 bits per heavy atom. The van der Waals surface area contributed by atoms with Crippen molar-refractivity contribution in [3.05, 3.63) is 146 Å². The Bertz CT molecular complexity index is 1720. The normalized spacial score (nSPS) is 14.5. The van der Waals surface area contributed by atoms with Crippen LogP contribution in [-0.2, 0) is 32.7 Å². The van der Waals surface area contributed by atoms with Crippen molar-refractivity contribution in [3.63, 3.8) is 0 Å². The van der Waals surface area contributed by atoms with Crippen molar-refractivity contribution in [2.45, 2.75) is 187 Å². The topological polar surface area (TPSA) is 108 Å². The zero-order chi connectivity index (χ0) is 52.7. The van der Waals surface area contributed by atoms with E-state index in [2.05, 4.69) is 160 Å². The number of ether oxygens (including phenoxy) is 2. The average molecular weight is 1020 g/mol. The van der Waals surface area contributed by atoms with E-state index in [1.165, 1.54) is 25.7 Å². The Labute approximate surface area is 440 Å². The van der Waals surface area contributed by atoms with Crippen molar-refractivity contribution in [1.29, 1.82) is 0 Å². The summed E-state index contributed by atoms with van der Waals surface area (Å²) in [5.74, 6) is -0.870. The van der Waals surface area contributed by atoms with Crippen molar-refractivity contribution in [2.24, 2.45) is 0 Å². The Balaban J connectivity index is 4.25. The second-order valence-electron chi connectivity index (χ2n) is 18.8. The van der Waals surface area contributed by atoms with E-state index in [-0.39, 0.29) is 26.1 Å². The number of phosphoric acid groups is 1. The number of phosphoric ester groups is 1. The molecule has 0 bridgehead atoms. The molecule has 0 amide bonds. The molecule has 0 aliphatic rings. The molecule has 2 atom stereocenters. The number of carbonyl (C=O) groups excluding carboxylic acids is 2. The van der Waals surface area contributed by atoms with Crippen molar-refractivity contribution in [2.75, 3.05) is 47.5 Å². The molecule has 0 aliphatic carbocycles. The summed E-state index contributed by atoms with van der Waals surface area (Å²) in [5.41, 5.74) is 0. The highest BCUT2D eigenvalue weighted by atomic mass is 31.2. The van der Waals surface area contributed by atoms with E-state index in [1.807, 2.05) is 21.1 Å². The molecule has 0 radical (unpaired) electrons. The predicted molar refractivity (Wildman–Crippen MR) is 307 cm³/mol. The molecule has 406 valence electrons. The van der Waals surface area contributed by atoms with E-state index in [0.717, 1.165) is 116 Å². The molecule has 10 heteroatoms. The smallest absolute Gasteiger partial charge is 0.462 e. The summed E-state index contributed by atoms with van der Waals surface area (Å²) in [6, 6.07) is 0. The lowest BCUT2D eigenvalue weighted by atomic mass is 10.1. The summed E-state index contributed by atoms with van der Waals surface area (Å²) in [5, 5.41) is 0. The summed E-state index contributed by atoms with van der Waals surface area (Å²) < 4.78 is 34.4. The molecule has 2 unspecified atom stereocenters. The van der Waals surface area contributed by atoms with Crippen LogP contribution in [0.1, 0.15) is 181 Å². The van der Waals surface area contributed by atoms with Crippen LogP contribution in [0, 0.1) is 0 Å². The monoisotopic (exact) mass is 1020 g/mol. The maximum Gasteiger partial charge on any atom is 0.472 e. The molecule has 9 nitrogen and oxygen atoms in total. The third kappa shape index (κ3) is 55.2. The van der Waals surface area contributed by atoms with Crippen LogP contribution in [0.5, 0.6) is 0 Å². The molecule has 0 heterocycles. The largest absolute Gasteiger partial charge is 0.472 e. The van der Waals surface area contributed by atoms with Gasteiger partial charge in [-0.1, -0.05) is 198 Å². The number of unbranched alkanes of at least 4 members (excludes halogenated alkanes) is 10. The van der Waals surface area contributed by atoms with Crippen LogP contribution in [0.4, 0.5) is 0 Å². The van der Waals surface area contributed by atoms with E-state index >= 15 is 0 Å². The molecule has 0 aromatic carbocycles. The van der Waals surface area contributed by atoms with Gasteiger partial charge in [0.2, 0.25) is 0 Å². The van der Waals surface area contributed by atoms with Crippen LogP contribution in [-0.4, -0.2) is 74.9 Å². The lowest BCUT2D eigenvalue weighted by Crippen LogP contribution is -2.37. The molecular weight excluding hydrogens is 918 g/mol. The minimum Gasteiger partial charge on any atom is -0.462 e. The zero-order valence-electron chi connectivity index (χ0n) is 45.8. The standard InChI is InChI=1S/C62H100NO8P/c1-6-8-10-12-14-16-18-20-22-23-24-25-26-27-28-29-30-31-32-33-34-35-36-37-38-39-41-43-45-47-49-51-53-55-62(65)71-60(59-70-72(66,67)69-57-56-63(3,4)5)58-68-61(64)54-52-50-48-46-44-42-40-21-19-17-15-13-11-9-7-2/h8-11,14-17,20-22,24-25,27-28,30-31,33-34,36-37,40,44,46,60H,6-7,12-13,18-19,23,26,29,32,35,38-39,41-43,45,47-59H2,1-5H3/p+1/b10-8-,11-9-,16-14-,17-15-,22-20-,25-24-,28-27-,31-30-,34-33-,37-36-,40-21-,46-44-. The second kappa shape index (κ2) is 51.8. The van der Waals surface area contributed by atoms with Gasteiger partial charge in [-0.3, -0.25) is 18.6 Å². The molecule has 72 heavy (non-hydrogen) atoms. The molecule has 0 aromatic heterocycles. The number of likely N-dealkylation sites (N-methyl/N-ethyl adjacent to an activating group) is 1. The van der Waals surface area contributed by atoms with Gasteiger partial charge in [0.05, 0.1) is 27.7 Å². The summed E-state index contributed by atoms with van der Waals surface area (Å²) in [6.45, 7) is 4.11. The Kier molecular flexibility index (Phi) is 48.8. The Morgan fingerprint density at radius 2 is 0.750 bits per heavy atom. The molecule has 0 aromatic rings. The highest BCUT2D eigenvalue weighted by Crippen LogP contribution is 2.43. The van der Waals surface area contributed by atoms with E-state index in [9.17, 15) is 19.0 Å². The number of hydrogen-bond acceptors (Lipinski definition) is 7. The first kappa shape index (κ1) is 67.9. The van der Waals surface area contributed by atoms with Crippen LogP contribution < -0.4 is 0 Å². The van der Waals surface area contributed by atoms with Gasteiger partial charge in [-0.05, 0) is 116 Å². The van der Waals surface area contributed by atoms with Crippen LogP contribution in [0.15, 0.2) is 146 Å². The van der Waals surface area contributed by atoms with Gasteiger partial charge < -0.3 is 18.9 Å². The molecule has 0 aliphatic heterocycles. The maximum atomic E-state index is 12.8. The highest BCUT2D eigenvalue weighted by molar-refractivity contribution is 7.47. The minimum absolute atomic E-state index is 0.0146. The Morgan fingerprint density at radius 1 is 0.431 bits per heavy atom. The molecule has 0 saturated carbocycles. The van der Waals surface area contributed by atoms with Gasteiger partial charge in [-0.25, -0.2) is 4.57 Å². The van der Waals surface area contributed by atoms with Crippen molar-refractivity contribution in [3.8, 4) is 0 Å². The number of hydrogen-bond donors (Lipinski definition) is 1. The molecular formula is C62H101NO8P+. The van der Waals surface area contributed by atoms with Gasteiger partial charge in [-0.15, -0.1) is 0 Å². The van der Waals surface area contributed by atoms with Gasteiger partial charge in [-0.2, -0.15) is 0 Å². The van der Waals surface area contributed by atoms with Gasteiger partial charge in [0.1, 0.15) is 19.8 Å². The van der Waals surface area contributed by atoms with Gasteiger partial charge in [0.15, 0.2) is 6.10 Å². The summed E-state index contributed by atoms with van der Waals surface area (Å²) >= 11 is 0. The predicted octanol–water partition coefficient (Wildman–Crippen LogP) is 17.1. The lowest BCUT2D eigenvalue weighted by molar-refractivity contribution is -0.870. The van der Waals surface area contributed by atoms with Crippen molar-refractivity contribution < 1.29 is 42.1 Å². The number of carbonyl (C=O) groups is 2. The van der Waals surface area contributed by atoms with E-state index in [0.29, 0.717) is 23.9 Å². The first-order chi connectivity index (χ1) is 35.0. The molecule has 0 rings (SSSR count). The Hall–Kier alpha value is -4.11. The van der Waals surface area contributed by atoms with Gasteiger partial charge >= 0.3 is 19.8 Å². The van der Waals surface area contributed by atoms with Crippen molar-refractivity contribution >= 4 is 19.8 Å². The van der Waals surface area contributed by atoms with E-state index in [1.54, 1.807) is 0 Å². The first-order valence-corrected chi connectivity index (χ1v) is 29.1. The summed E-state index contributed by atoms with van der Waals surface area (Å²) in [7, 11) is 1.42. The van der Waals surface area contributed by atoms with E-state index < -0.39 is 32.5 Å². The zero-order valence-corrected chi connectivity index (χ0v) is 46.7. The summed E-state index contributed by atoms with van der Waals surface area (Å²) in [6.07, 6.45) is 76.3. The van der Waals surface area contributed by atoms with Crippen LogP contribution in [0.25, 0.3) is 0 Å². The number of allylic oxidation sites excluding steroid dienone is 24. The molecule has 1 N–H and O–H groups in total. The van der Waals surface area contributed by atoms with Crippen LogP contribution >= 0.6 is 7.82 Å². The first-order valence-electron chi connectivity index (χ1n) is 27.6.